The SMILES string of the molecule is Cc1ccc(Sc2nc(N)ccc2[N+](=O)[O-])cc1. The summed E-state index contributed by atoms with van der Waals surface area (Å²) < 4.78 is 0. The van der Waals surface area contributed by atoms with Gasteiger partial charge in [0, 0.05) is 11.0 Å². The van der Waals surface area contributed by atoms with Crippen LogP contribution in [0.15, 0.2) is 46.3 Å². The molecule has 18 heavy (non-hydrogen) atoms. The third kappa shape index (κ3) is 2.78. The lowest BCUT2D eigenvalue weighted by molar-refractivity contribution is -0.388. The Labute approximate surface area is 108 Å². The van der Waals surface area contributed by atoms with Gasteiger partial charge in [0.1, 0.15) is 5.82 Å². The van der Waals surface area contributed by atoms with Crippen LogP contribution < -0.4 is 5.73 Å². The van der Waals surface area contributed by atoms with Crippen molar-refractivity contribution in [2.75, 3.05) is 5.73 Å². The first kappa shape index (κ1) is 12.4. The van der Waals surface area contributed by atoms with Gasteiger partial charge in [-0.05, 0) is 25.1 Å². The molecule has 2 aromatic rings. The van der Waals surface area contributed by atoms with Crippen molar-refractivity contribution in [3.8, 4) is 0 Å². The van der Waals surface area contributed by atoms with Crippen molar-refractivity contribution in [1.29, 1.82) is 0 Å². The second kappa shape index (κ2) is 5.05. The van der Waals surface area contributed by atoms with E-state index in [1.165, 1.54) is 23.9 Å². The summed E-state index contributed by atoms with van der Waals surface area (Å²) in [5, 5.41) is 11.2. The average molecular weight is 261 g/mol. The van der Waals surface area contributed by atoms with Crippen molar-refractivity contribution in [2.45, 2.75) is 16.8 Å². The van der Waals surface area contributed by atoms with Crippen molar-refractivity contribution in [3.63, 3.8) is 0 Å². The summed E-state index contributed by atoms with van der Waals surface area (Å²) in [6.45, 7) is 1.98. The largest absolute Gasteiger partial charge is 0.384 e. The van der Waals surface area contributed by atoms with Crippen LogP contribution in [0.1, 0.15) is 5.56 Å². The predicted octanol–water partition coefficient (Wildman–Crippen LogP) is 3.03. The number of aromatic nitrogens is 1. The third-order valence-corrected chi connectivity index (χ3v) is 3.30. The topological polar surface area (TPSA) is 82.0 Å². The minimum atomic E-state index is -0.455. The minimum absolute atomic E-state index is 0.0326. The van der Waals surface area contributed by atoms with Crippen LogP contribution in [0.4, 0.5) is 11.5 Å². The van der Waals surface area contributed by atoms with Crippen LogP contribution in [0, 0.1) is 17.0 Å². The van der Waals surface area contributed by atoms with Crippen LogP contribution in [-0.4, -0.2) is 9.91 Å². The van der Waals surface area contributed by atoms with Gasteiger partial charge in [-0.25, -0.2) is 4.98 Å². The lowest BCUT2D eigenvalue weighted by atomic mass is 10.2. The van der Waals surface area contributed by atoms with Gasteiger partial charge in [-0.3, -0.25) is 10.1 Å². The van der Waals surface area contributed by atoms with Gasteiger partial charge < -0.3 is 5.73 Å². The smallest absolute Gasteiger partial charge is 0.301 e. The lowest BCUT2D eigenvalue weighted by Crippen LogP contribution is -1.97. The molecule has 92 valence electrons. The standard InChI is InChI=1S/C12H11N3O2S/c1-8-2-4-9(5-3-8)18-12-10(15(16)17)6-7-11(13)14-12/h2-7H,1H3,(H2,13,14). The highest BCUT2D eigenvalue weighted by atomic mass is 32.2. The number of nitrogen functional groups attached to an aromatic ring is 1. The van der Waals surface area contributed by atoms with Gasteiger partial charge in [-0.1, -0.05) is 29.5 Å². The number of aryl methyl sites for hydroxylation is 1. The Morgan fingerprint density at radius 2 is 1.89 bits per heavy atom. The molecule has 1 aromatic heterocycles. The summed E-state index contributed by atoms with van der Waals surface area (Å²) in [5.74, 6) is 0.273. The first-order valence-corrected chi connectivity index (χ1v) is 6.03. The average Bonchev–Trinajstić information content (AvgIpc) is 2.32. The van der Waals surface area contributed by atoms with E-state index in [9.17, 15) is 10.1 Å². The molecule has 0 atom stereocenters. The van der Waals surface area contributed by atoms with E-state index in [0.717, 1.165) is 10.5 Å². The number of nitrogens with zero attached hydrogens (tertiary/aromatic N) is 2. The fourth-order valence-electron chi connectivity index (χ4n) is 1.38. The molecule has 0 aliphatic carbocycles. The number of hydrogen-bond acceptors (Lipinski definition) is 5. The molecule has 0 fully saturated rings. The summed E-state index contributed by atoms with van der Waals surface area (Å²) in [4.78, 5) is 15.3. The van der Waals surface area contributed by atoms with E-state index in [0.29, 0.717) is 5.03 Å². The van der Waals surface area contributed by atoms with Gasteiger partial charge in [0.2, 0.25) is 0 Å². The van der Waals surface area contributed by atoms with Gasteiger partial charge in [-0.2, -0.15) is 0 Å². The summed E-state index contributed by atoms with van der Waals surface area (Å²) in [6.07, 6.45) is 0. The van der Waals surface area contributed by atoms with E-state index in [1.54, 1.807) is 0 Å². The number of nitrogens with two attached hydrogens (primary N) is 1. The Kier molecular flexibility index (Phi) is 3.47. The van der Waals surface area contributed by atoms with Gasteiger partial charge >= 0.3 is 5.69 Å². The molecular weight excluding hydrogens is 250 g/mol. The van der Waals surface area contributed by atoms with Gasteiger partial charge in [0.15, 0.2) is 5.03 Å². The minimum Gasteiger partial charge on any atom is -0.384 e. The first-order chi connectivity index (χ1) is 8.56. The number of anilines is 1. The Balaban J connectivity index is 2.35. The van der Waals surface area contributed by atoms with E-state index in [2.05, 4.69) is 4.98 Å². The highest BCUT2D eigenvalue weighted by Gasteiger charge is 2.16. The Morgan fingerprint density at radius 1 is 1.22 bits per heavy atom. The Bertz CT molecular complexity index is 584. The monoisotopic (exact) mass is 261 g/mol. The van der Waals surface area contributed by atoms with Crippen molar-refractivity contribution in [3.05, 3.63) is 52.1 Å². The molecule has 0 aliphatic rings. The molecular formula is C12H11N3O2S. The second-order valence-corrected chi connectivity index (χ2v) is 4.79. The van der Waals surface area contributed by atoms with Crippen LogP contribution in [0.25, 0.3) is 0 Å². The van der Waals surface area contributed by atoms with Crippen molar-refractivity contribution in [2.24, 2.45) is 0 Å². The maximum absolute atomic E-state index is 10.9. The van der Waals surface area contributed by atoms with Gasteiger partial charge in [0.05, 0.1) is 4.92 Å². The highest BCUT2D eigenvalue weighted by molar-refractivity contribution is 7.99. The fourth-order valence-corrected chi connectivity index (χ4v) is 2.27. The summed E-state index contributed by atoms with van der Waals surface area (Å²) >= 11 is 1.23. The molecule has 0 spiro atoms. The van der Waals surface area contributed by atoms with E-state index in [1.807, 2.05) is 31.2 Å². The van der Waals surface area contributed by atoms with Crippen molar-refractivity contribution >= 4 is 23.3 Å². The van der Waals surface area contributed by atoms with Crippen molar-refractivity contribution in [1.82, 2.24) is 4.98 Å². The molecule has 2 N–H and O–H groups in total. The Morgan fingerprint density at radius 3 is 2.50 bits per heavy atom. The number of rotatable bonds is 3. The zero-order chi connectivity index (χ0) is 13.1. The van der Waals surface area contributed by atoms with Crippen LogP contribution in [0.5, 0.6) is 0 Å². The molecule has 6 heteroatoms. The van der Waals surface area contributed by atoms with E-state index in [4.69, 9.17) is 5.73 Å². The quantitative estimate of drug-likeness (QED) is 0.678. The maximum atomic E-state index is 10.9. The number of hydrogen-bond donors (Lipinski definition) is 1. The Hall–Kier alpha value is -2.08. The molecule has 0 bridgehead atoms. The van der Waals surface area contributed by atoms with E-state index in [-0.39, 0.29) is 11.5 Å². The fraction of sp³-hybridized carbons (Fsp3) is 0.0833. The van der Waals surface area contributed by atoms with E-state index < -0.39 is 4.92 Å². The zero-order valence-corrected chi connectivity index (χ0v) is 10.5. The van der Waals surface area contributed by atoms with Gasteiger partial charge in [-0.15, -0.1) is 0 Å². The third-order valence-electron chi connectivity index (χ3n) is 2.29. The zero-order valence-electron chi connectivity index (χ0n) is 9.66. The molecule has 2 rings (SSSR count). The van der Waals surface area contributed by atoms with Crippen LogP contribution in [0.2, 0.25) is 0 Å². The summed E-state index contributed by atoms with van der Waals surface area (Å²) in [6, 6.07) is 10.5. The van der Waals surface area contributed by atoms with E-state index >= 15 is 0 Å². The molecule has 0 saturated carbocycles. The van der Waals surface area contributed by atoms with Crippen LogP contribution >= 0.6 is 11.8 Å². The molecule has 5 nitrogen and oxygen atoms in total. The number of pyridine rings is 1. The molecule has 0 amide bonds. The van der Waals surface area contributed by atoms with Crippen LogP contribution in [-0.2, 0) is 0 Å². The molecule has 1 heterocycles. The van der Waals surface area contributed by atoms with Crippen molar-refractivity contribution < 1.29 is 4.92 Å². The molecule has 0 saturated heterocycles. The molecule has 0 aliphatic heterocycles. The highest BCUT2D eigenvalue weighted by Crippen LogP contribution is 2.33. The molecule has 0 unspecified atom stereocenters. The predicted molar refractivity (Wildman–Crippen MR) is 70.6 cm³/mol. The van der Waals surface area contributed by atoms with Gasteiger partial charge in [0.25, 0.3) is 0 Å². The second-order valence-electron chi connectivity index (χ2n) is 3.73. The molecule has 0 radical (unpaired) electrons. The number of nitro groups is 1. The lowest BCUT2D eigenvalue weighted by Gasteiger charge is -2.03. The molecule has 1 aromatic carbocycles. The summed E-state index contributed by atoms with van der Waals surface area (Å²) in [5.41, 5.74) is 6.66. The first-order valence-electron chi connectivity index (χ1n) is 5.21. The number of benzene rings is 1. The maximum Gasteiger partial charge on any atom is 0.301 e. The summed E-state index contributed by atoms with van der Waals surface area (Å²) in [7, 11) is 0. The normalized spacial score (nSPS) is 10.3. The van der Waals surface area contributed by atoms with Crippen LogP contribution in [0.3, 0.4) is 0 Å².